The molecule has 0 fully saturated rings. The van der Waals surface area contributed by atoms with Gasteiger partial charge >= 0.3 is 11.9 Å². The molecule has 13 heteroatoms. The summed E-state index contributed by atoms with van der Waals surface area (Å²) in [7, 11) is -4.34. The summed E-state index contributed by atoms with van der Waals surface area (Å²) < 4.78 is 26.2. The molecular formula is C20H12N2O10S. The first-order chi connectivity index (χ1) is 15.4. The van der Waals surface area contributed by atoms with Crippen molar-refractivity contribution in [3.63, 3.8) is 0 Å². The average molecular weight is 472 g/mol. The summed E-state index contributed by atoms with van der Waals surface area (Å²) in [6, 6.07) is 6.15. The Labute approximate surface area is 184 Å². The standard InChI is InChI=1S/C20H12N2O10S/c23-15(24)7-21-17(27)11-3-1-9(5-13(11)19(21)29)33(31,32)10-2-4-12-14(6-10)20(30)22(18(12)28)8-16(25)26/h1-6H,7-8H2,(H,23,24)(H,25,26). The zero-order valence-corrected chi connectivity index (χ0v) is 17.2. The molecule has 0 bridgehead atoms. The van der Waals surface area contributed by atoms with E-state index < -0.39 is 68.3 Å². The molecule has 0 saturated carbocycles. The van der Waals surface area contributed by atoms with Crippen LogP contribution in [-0.4, -0.2) is 77.1 Å². The van der Waals surface area contributed by atoms with Gasteiger partial charge in [0.05, 0.1) is 32.0 Å². The maximum atomic E-state index is 13.1. The minimum Gasteiger partial charge on any atom is -0.480 e. The quantitative estimate of drug-likeness (QED) is 0.537. The largest absolute Gasteiger partial charge is 0.480 e. The van der Waals surface area contributed by atoms with Crippen molar-refractivity contribution < 1.29 is 47.4 Å². The predicted octanol–water partition coefficient (Wildman–Crippen LogP) is -0.119. The third kappa shape index (κ3) is 3.34. The number of benzene rings is 2. The number of imide groups is 2. The molecule has 0 unspecified atom stereocenters. The van der Waals surface area contributed by atoms with Gasteiger partial charge in [-0.15, -0.1) is 0 Å². The number of amides is 4. The minimum absolute atomic E-state index is 0.153. The molecule has 0 atom stereocenters. The van der Waals surface area contributed by atoms with E-state index in [4.69, 9.17) is 10.2 Å². The number of carboxylic acid groups (broad SMARTS) is 2. The first kappa shape index (κ1) is 21.8. The molecule has 2 N–H and O–H groups in total. The van der Waals surface area contributed by atoms with Crippen LogP contribution in [-0.2, 0) is 19.4 Å². The fourth-order valence-corrected chi connectivity index (χ4v) is 4.88. The Kier molecular flexibility index (Phi) is 4.85. The van der Waals surface area contributed by atoms with Gasteiger partial charge in [-0.05, 0) is 36.4 Å². The zero-order valence-electron chi connectivity index (χ0n) is 16.3. The number of hydrogen-bond donors (Lipinski definition) is 2. The highest BCUT2D eigenvalue weighted by Gasteiger charge is 2.39. The van der Waals surface area contributed by atoms with Crippen molar-refractivity contribution in [3.8, 4) is 0 Å². The van der Waals surface area contributed by atoms with Crippen molar-refractivity contribution in [3.05, 3.63) is 58.7 Å². The van der Waals surface area contributed by atoms with Crippen molar-refractivity contribution in [1.29, 1.82) is 0 Å². The molecule has 0 aliphatic carbocycles. The van der Waals surface area contributed by atoms with Gasteiger partial charge < -0.3 is 10.2 Å². The molecule has 2 aromatic rings. The fourth-order valence-electron chi connectivity index (χ4n) is 3.57. The molecule has 2 aliphatic rings. The van der Waals surface area contributed by atoms with Crippen molar-refractivity contribution in [2.24, 2.45) is 0 Å². The molecule has 0 saturated heterocycles. The summed E-state index contributed by atoms with van der Waals surface area (Å²) >= 11 is 0. The second-order valence-corrected chi connectivity index (χ2v) is 9.05. The van der Waals surface area contributed by atoms with E-state index in [2.05, 4.69) is 0 Å². The number of carbonyl (C=O) groups is 6. The number of carboxylic acids is 2. The third-order valence-electron chi connectivity index (χ3n) is 5.09. The van der Waals surface area contributed by atoms with Crippen molar-refractivity contribution in [2.45, 2.75) is 9.79 Å². The number of carbonyl (C=O) groups excluding carboxylic acids is 4. The fraction of sp³-hybridized carbons (Fsp3) is 0.100. The van der Waals surface area contributed by atoms with Crippen LogP contribution in [0.5, 0.6) is 0 Å². The molecule has 33 heavy (non-hydrogen) atoms. The summed E-state index contributed by atoms with van der Waals surface area (Å²) in [6.07, 6.45) is 0. The Morgan fingerprint density at radius 1 is 0.636 bits per heavy atom. The van der Waals surface area contributed by atoms with Crippen LogP contribution in [0, 0.1) is 0 Å². The maximum Gasteiger partial charge on any atom is 0.323 e. The third-order valence-corrected chi connectivity index (χ3v) is 6.84. The van der Waals surface area contributed by atoms with E-state index in [1.807, 2.05) is 0 Å². The van der Waals surface area contributed by atoms with Gasteiger partial charge in [-0.2, -0.15) is 0 Å². The van der Waals surface area contributed by atoms with Crippen LogP contribution < -0.4 is 0 Å². The molecule has 12 nitrogen and oxygen atoms in total. The lowest BCUT2D eigenvalue weighted by Crippen LogP contribution is -2.34. The first-order valence-corrected chi connectivity index (χ1v) is 10.6. The number of aliphatic carboxylic acids is 2. The van der Waals surface area contributed by atoms with E-state index in [9.17, 15) is 37.2 Å². The van der Waals surface area contributed by atoms with Crippen LogP contribution in [0.2, 0.25) is 0 Å². The van der Waals surface area contributed by atoms with Crippen LogP contribution in [0.25, 0.3) is 0 Å². The highest BCUT2D eigenvalue weighted by Crippen LogP contribution is 2.31. The lowest BCUT2D eigenvalue weighted by Gasteiger charge is -2.09. The maximum absolute atomic E-state index is 13.1. The van der Waals surface area contributed by atoms with Gasteiger partial charge in [0.15, 0.2) is 0 Å². The van der Waals surface area contributed by atoms with Gasteiger partial charge in [-0.3, -0.25) is 38.6 Å². The monoisotopic (exact) mass is 472 g/mol. The second-order valence-electron chi connectivity index (χ2n) is 7.10. The molecule has 0 radical (unpaired) electrons. The smallest absolute Gasteiger partial charge is 0.323 e. The SMILES string of the molecule is O=C(O)CN1C(=O)c2ccc(S(=O)(=O)c3ccc4c(c3)C(=O)N(CC(=O)O)C4=O)cc2C1=O. The Hall–Kier alpha value is -4.39. The average Bonchev–Trinajstić information content (AvgIpc) is 3.13. The Morgan fingerprint density at radius 2 is 0.970 bits per heavy atom. The highest BCUT2D eigenvalue weighted by molar-refractivity contribution is 7.91. The molecule has 4 amide bonds. The number of hydrogen-bond acceptors (Lipinski definition) is 8. The van der Waals surface area contributed by atoms with Crippen molar-refractivity contribution in [2.75, 3.05) is 13.1 Å². The first-order valence-electron chi connectivity index (χ1n) is 9.12. The Balaban J connectivity index is 1.73. The van der Waals surface area contributed by atoms with E-state index in [0.29, 0.717) is 9.80 Å². The molecule has 2 aliphatic heterocycles. The number of fused-ring (bicyclic) bond motifs is 2. The molecule has 0 aromatic heterocycles. The Morgan fingerprint density at radius 3 is 1.30 bits per heavy atom. The van der Waals surface area contributed by atoms with Gasteiger partial charge in [0.2, 0.25) is 9.84 Å². The van der Waals surface area contributed by atoms with Crippen LogP contribution >= 0.6 is 0 Å². The summed E-state index contributed by atoms with van der Waals surface area (Å²) in [5, 5.41) is 17.8. The normalized spacial score (nSPS) is 15.2. The molecule has 2 heterocycles. The summed E-state index contributed by atoms with van der Waals surface area (Å²) in [6.45, 7) is -1.77. The van der Waals surface area contributed by atoms with E-state index in [0.717, 1.165) is 36.4 Å². The topological polar surface area (TPSA) is 183 Å². The van der Waals surface area contributed by atoms with Crippen molar-refractivity contribution >= 4 is 45.4 Å². The van der Waals surface area contributed by atoms with Gasteiger partial charge in [0, 0.05) is 0 Å². The highest BCUT2D eigenvalue weighted by atomic mass is 32.2. The Bertz CT molecular complexity index is 1320. The van der Waals surface area contributed by atoms with Gasteiger partial charge in [0.1, 0.15) is 13.1 Å². The molecule has 168 valence electrons. The van der Waals surface area contributed by atoms with Crippen molar-refractivity contribution in [1.82, 2.24) is 9.80 Å². The molecular weight excluding hydrogens is 460 g/mol. The van der Waals surface area contributed by atoms with E-state index in [1.54, 1.807) is 0 Å². The van der Waals surface area contributed by atoms with E-state index in [-0.39, 0.29) is 22.3 Å². The molecule has 4 rings (SSSR count). The van der Waals surface area contributed by atoms with E-state index in [1.165, 1.54) is 0 Å². The van der Waals surface area contributed by atoms with Crippen LogP contribution in [0.4, 0.5) is 0 Å². The summed E-state index contributed by atoms with van der Waals surface area (Å²) in [5.74, 6) is -6.52. The van der Waals surface area contributed by atoms with Gasteiger partial charge in [0.25, 0.3) is 23.6 Å². The van der Waals surface area contributed by atoms with Crippen LogP contribution in [0.3, 0.4) is 0 Å². The summed E-state index contributed by atoms with van der Waals surface area (Å²) in [5.41, 5.74) is -0.886. The second kappa shape index (κ2) is 7.34. The minimum atomic E-state index is -4.34. The lowest BCUT2D eigenvalue weighted by atomic mass is 10.1. The molecule has 0 spiro atoms. The number of sulfone groups is 1. The zero-order chi connectivity index (χ0) is 24.2. The van der Waals surface area contributed by atoms with Gasteiger partial charge in [-0.1, -0.05) is 0 Å². The molecule has 2 aromatic carbocycles. The number of nitrogens with zero attached hydrogens (tertiary/aromatic N) is 2. The van der Waals surface area contributed by atoms with Crippen LogP contribution in [0.15, 0.2) is 46.2 Å². The van der Waals surface area contributed by atoms with Gasteiger partial charge in [-0.25, -0.2) is 8.42 Å². The predicted molar refractivity (Wildman–Crippen MR) is 104 cm³/mol. The lowest BCUT2D eigenvalue weighted by molar-refractivity contribution is -0.138. The van der Waals surface area contributed by atoms with Crippen LogP contribution in [0.1, 0.15) is 41.4 Å². The van der Waals surface area contributed by atoms with E-state index >= 15 is 0 Å². The number of rotatable bonds is 6. The summed E-state index contributed by atoms with van der Waals surface area (Å²) in [4.78, 5) is 71.3.